The molecule has 0 fully saturated rings. The first kappa shape index (κ1) is 12.3. The zero-order chi connectivity index (χ0) is 12.6. The summed E-state index contributed by atoms with van der Waals surface area (Å²) in [5.74, 6) is -0.190. The van der Waals surface area contributed by atoms with E-state index in [0.717, 1.165) is 4.47 Å². The summed E-state index contributed by atoms with van der Waals surface area (Å²) in [6, 6.07) is 7.23. The van der Waals surface area contributed by atoms with Gasteiger partial charge in [0.1, 0.15) is 0 Å². The van der Waals surface area contributed by atoms with Crippen molar-refractivity contribution in [3.63, 3.8) is 0 Å². The average molecular weight is 314 g/mol. The molecule has 3 nitrogen and oxygen atoms in total. The molecule has 0 aliphatic heterocycles. The van der Waals surface area contributed by atoms with Crippen molar-refractivity contribution in [1.82, 2.24) is 9.78 Å². The summed E-state index contributed by atoms with van der Waals surface area (Å²) in [5.41, 5.74) is 1.88. The number of aryl methyl sites for hydroxylation is 1. The van der Waals surface area contributed by atoms with E-state index in [1.165, 1.54) is 4.68 Å². The van der Waals surface area contributed by atoms with Crippen LogP contribution in [0.5, 0.6) is 0 Å². The van der Waals surface area contributed by atoms with Gasteiger partial charge >= 0.3 is 0 Å². The first-order chi connectivity index (χ1) is 8.02. The van der Waals surface area contributed by atoms with Gasteiger partial charge in [0, 0.05) is 4.47 Å². The lowest BCUT2D eigenvalue weighted by molar-refractivity contribution is 0.0941. The topological polar surface area (TPSA) is 34.9 Å². The van der Waals surface area contributed by atoms with Crippen molar-refractivity contribution in [3.8, 4) is 0 Å². The van der Waals surface area contributed by atoms with E-state index >= 15 is 0 Å². The van der Waals surface area contributed by atoms with Gasteiger partial charge < -0.3 is 0 Å². The maximum absolute atomic E-state index is 12.3. The largest absolute Gasteiger partial charge is 0.279 e. The number of halogens is 2. The third-order valence-electron chi connectivity index (χ3n) is 2.50. The maximum Gasteiger partial charge on any atom is 0.279 e. The standard InChI is InChI=1S/C12H10BrClN2O/c1-7-11(14)8(2)16(15-7)12(17)9-5-3-4-6-10(9)13/h3-6H,1-2H3. The van der Waals surface area contributed by atoms with Gasteiger partial charge in [-0.05, 0) is 41.9 Å². The van der Waals surface area contributed by atoms with E-state index in [-0.39, 0.29) is 5.91 Å². The van der Waals surface area contributed by atoms with Crippen LogP contribution >= 0.6 is 27.5 Å². The van der Waals surface area contributed by atoms with E-state index in [2.05, 4.69) is 21.0 Å². The molecule has 1 aromatic carbocycles. The Balaban J connectivity index is 2.52. The predicted octanol–water partition coefficient (Wildman–Crippen LogP) is 3.60. The lowest BCUT2D eigenvalue weighted by atomic mass is 10.2. The Morgan fingerprint density at radius 3 is 2.53 bits per heavy atom. The molecule has 0 radical (unpaired) electrons. The van der Waals surface area contributed by atoms with Crippen LogP contribution in [0.2, 0.25) is 5.02 Å². The summed E-state index contributed by atoms with van der Waals surface area (Å²) in [5, 5.41) is 4.67. The van der Waals surface area contributed by atoms with E-state index < -0.39 is 0 Å². The van der Waals surface area contributed by atoms with Crippen LogP contribution in [0, 0.1) is 13.8 Å². The van der Waals surface area contributed by atoms with Gasteiger partial charge in [0.2, 0.25) is 0 Å². The van der Waals surface area contributed by atoms with Crippen LogP contribution in [-0.2, 0) is 0 Å². The van der Waals surface area contributed by atoms with Crippen LogP contribution in [-0.4, -0.2) is 15.7 Å². The maximum atomic E-state index is 12.3. The quantitative estimate of drug-likeness (QED) is 0.806. The number of aromatic nitrogens is 2. The second-order valence-electron chi connectivity index (χ2n) is 3.68. The highest BCUT2D eigenvalue weighted by molar-refractivity contribution is 9.10. The summed E-state index contributed by atoms with van der Waals surface area (Å²) in [6.07, 6.45) is 0. The Morgan fingerprint density at radius 1 is 1.35 bits per heavy atom. The molecule has 0 aliphatic carbocycles. The summed E-state index contributed by atoms with van der Waals surface area (Å²) in [4.78, 5) is 12.3. The lowest BCUT2D eigenvalue weighted by Gasteiger charge is -2.04. The number of rotatable bonds is 1. The van der Waals surface area contributed by atoms with Gasteiger partial charge in [0.25, 0.3) is 5.91 Å². The Kier molecular flexibility index (Phi) is 3.35. The second kappa shape index (κ2) is 4.63. The van der Waals surface area contributed by atoms with E-state index in [9.17, 15) is 4.79 Å². The molecule has 2 aromatic rings. The number of carbonyl (C=O) groups excluding carboxylic acids is 1. The Morgan fingerprint density at radius 2 is 2.00 bits per heavy atom. The van der Waals surface area contributed by atoms with E-state index in [4.69, 9.17) is 11.6 Å². The van der Waals surface area contributed by atoms with Crippen molar-refractivity contribution in [2.75, 3.05) is 0 Å². The van der Waals surface area contributed by atoms with Gasteiger partial charge in [0.05, 0.1) is 22.0 Å². The minimum Gasteiger partial charge on any atom is -0.267 e. The second-order valence-corrected chi connectivity index (χ2v) is 4.91. The van der Waals surface area contributed by atoms with Crippen LogP contribution in [0.15, 0.2) is 28.7 Å². The van der Waals surface area contributed by atoms with E-state index in [1.807, 2.05) is 18.2 Å². The molecule has 0 aliphatic rings. The van der Waals surface area contributed by atoms with Gasteiger partial charge in [-0.15, -0.1) is 0 Å². The van der Waals surface area contributed by atoms with Crippen molar-refractivity contribution in [2.45, 2.75) is 13.8 Å². The lowest BCUT2D eigenvalue weighted by Crippen LogP contribution is -2.15. The van der Waals surface area contributed by atoms with Crippen LogP contribution in [0.1, 0.15) is 21.7 Å². The smallest absolute Gasteiger partial charge is 0.267 e. The molecule has 1 heterocycles. The summed E-state index contributed by atoms with van der Waals surface area (Å²) in [7, 11) is 0. The van der Waals surface area contributed by atoms with Crippen LogP contribution in [0.3, 0.4) is 0 Å². The summed E-state index contributed by atoms with van der Waals surface area (Å²) in [6.45, 7) is 3.55. The van der Waals surface area contributed by atoms with Crippen LogP contribution < -0.4 is 0 Å². The molecular weight excluding hydrogens is 304 g/mol. The van der Waals surface area contributed by atoms with Gasteiger partial charge in [0.15, 0.2) is 0 Å². The summed E-state index contributed by atoms with van der Waals surface area (Å²) >= 11 is 9.37. The van der Waals surface area contributed by atoms with Crippen molar-refractivity contribution in [3.05, 3.63) is 50.7 Å². The Bertz CT molecular complexity index is 592. The molecule has 5 heteroatoms. The van der Waals surface area contributed by atoms with E-state index in [1.54, 1.807) is 19.9 Å². The molecule has 0 saturated carbocycles. The highest BCUT2D eigenvalue weighted by Crippen LogP contribution is 2.22. The highest BCUT2D eigenvalue weighted by Gasteiger charge is 2.18. The van der Waals surface area contributed by atoms with Crippen molar-refractivity contribution in [2.24, 2.45) is 0 Å². The van der Waals surface area contributed by atoms with Gasteiger partial charge in [-0.1, -0.05) is 23.7 Å². The fourth-order valence-electron chi connectivity index (χ4n) is 1.57. The van der Waals surface area contributed by atoms with Crippen molar-refractivity contribution < 1.29 is 4.79 Å². The first-order valence-electron chi connectivity index (χ1n) is 5.03. The van der Waals surface area contributed by atoms with Crippen molar-refractivity contribution >= 4 is 33.4 Å². The van der Waals surface area contributed by atoms with Gasteiger partial charge in [-0.25, -0.2) is 0 Å². The minimum absolute atomic E-state index is 0.190. The first-order valence-corrected chi connectivity index (χ1v) is 6.20. The van der Waals surface area contributed by atoms with Gasteiger partial charge in [-0.3, -0.25) is 4.79 Å². The molecular formula is C12H10BrClN2O. The minimum atomic E-state index is -0.190. The molecule has 0 N–H and O–H groups in total. The third kappa shape index (κ3) is 2.15. The van der Waals surface area contributed by atoms with E-state index in [0.29, 0.717) is 22.0 Å². The molecule has 0 spiro atoms. The summed E-state index contributed by atoms with van der Waals surface area (Å²) < 4.78 is 2.08. The number of hydrogen-bond acceptors (Lipinski definition) is 2. The fraction of sp³-hybridized carbons (Fsp3) is 0.167. The predicted molar refractivity (Wildman–Crippen MR) is 70.6 cm³/mol. The number of benzene rings is 1. The zero-order valence-corrected chi connectivity index (χ0v) is 11.7. The normalized spacial score (nSPS) is 10.6. The molecule has 17 heavy (non-hydrogen) atoms. The van der Waals surface area contributed by atoms with Gasteiger partial charge in [-0.2, -0.15) is 9.78 Å². The average Bonchev–Trinajstić information content (AvgIpc) is 2.57. The number of nitrogens with zero attached hydrogens (tertiary/aromatic N) is 2. The SMILES string of the molecule is Cc1nn(C(=O)c2ccccc2Br)c(C)c1Cl. The fourth-order valence-corrected chi connectivity index (χ4v) is 2.14. The van der Waals surface area contributed by atoms with Crippen LogP contribution in [0.4, 0.5) is 0 Å². The third-order valence-corrected chi connectivity index (χ3v) is 3.74. The highest BCUT2D eigenvalue weighted by atomic mass is 79.9. The molecule has 88 valence electrons. The zero-order valence-electron chi connectivity index (χ0n) is 9.37. The number of carbonyl (C=O) groups is 1. The number of hydrogen-bond donors (Lipinski definition) is 0. The molecule has 1 aromatic heterocycles. The molecule has 0 saturated heterocycles. The monoisotopic (exact) mass is 312 g/mol. The molecule has 0 unspecified atom stereocenters. The molecule has 0 bridgehead atoms. The Labute approximate surface area is 113 Å². The van der Waals surface area contributed by atoms with Crippen molar-refractivity contribution in [1.29, 1.82) is 0 Å². The molecule has 0 atom stereocenters. The molecule has 0 amide bonds. The van der Waals surface area contributed by atoms with Crippen LogP contribution in [0.25, 0.3) is 0 Å². The Hall–Kier alpha value is -1.13. The molecule has 2 rings (SSSR count).